The third-order valence-electron chi connectivity index (χ3n) is 3.15. The van der Waals surface area contributed by atoms with Gasteiger partial charge in [-0.2, -0.15) is 0 Å². The number of hydrogen-bond donors (Lipinski definition) is 0. The number of ketones is 1. The Bertz CT molecular complexity index is 510. The van der Waals surface area contributed by atoms with Crippen molar-refractivity contribution in [2.24, 2.45) is 0 Å². The van der Waals surface area contributed by atoms with Gasteiger partial charge in [-0.15, -0.1) is 11.5 Å². The number of carbonyl (C=O) groups excluding carboxylic acids is 1. The molecule has 1 rings (SSSR count). The van der Waals surface area contributed by atoms with Crippen LogP contribution in [-0.4, -0.2) is 21.9 Å². The van der Waals surface area contributed by atoms with Crippen LogP contribution in [0, 0.1) is 11.5 Å². The second-order valence-electron chi connectivity index (χ2n) is 7.43. The molecule has 108 valence electrons. The van der Waals surface area contributed by atoms with Crippen molar-refractivity contribution in [1.29, 1.82) is 0 Å². The molecule has 0 aromatic heterocycles. The molecule has 20 heavy (non-hydrogen) atoms. The zero-order chi connectivity index (χ0) is 15.4. The fourth-order valence-electron chi connectivity index (χ4n) is 1.80. The second kappa shape index (κ2) is 6.56. The molecule has 0 amide bonds. The summed E-state index contributed by atoms with van der Waals surface area (Å²) in [7, 11) is -2.83. The maximum atomic E-state index is 12.4. The quantitative estimate of drug-likeness (QED) is 0.441. The van der Waals surface area contributed by atoms with E-state index < -0.39 is 16.1 Å². The molecular weight excluding hydrogens is 276 g/mol. The summed E-state index contributed by atoms with van der Waals surface area (Å²) < 4.78 is 0. The molecule has 3 heteroatoms. The van der Waals surface area contributed by atoms with Crippen LogP contribution in [-0.2, 0) is 0 Å². The average Bonchev–Trinajstić information content (AvgIpc) is 2.32. The van der Waals surface area contributed by atoms with Gasteiger partial charge in [0.05, 0.1) is 8.07 Å². The first-order valence-electron chi connectivity index (χ1n) is 7.20. The zero-order valence-electron chi connectivity index (χ0n) is 13.6. The molecule has 1 nitrogen and oxygen atoms in total. The first-order valence-corrected chi connectivity index (χ1v) is 14.3. The Hall–Kier alpha value is -1.12. The van der Waals surface area contributed by atoms with Gasteiger partial charge in [-0.1, -0.05) is 69.6 Å². The van der Waals surface area contributed by atoms with Crippen molar-refractivity contribution in [3.05, 3.63) is 35.9 Å². The summed E-state index contributed by atoms with van der Waals surface area (Å²) in [4.78, 5) is 12.4. The van der Waals surface area contributed by atoms with Gasteiger partial charge >= 0.3 is 0 Å². The molecular formula is C17H26OSi2. The van der Waals surface area contributed by atoms with E-state index >= 15 is 0 Å². The van der Waals surface area contributed by atoms with Crippen molar-refractivity contribution < 1.29 is 4.79 Å². The molecule has 0 spiro atoms. The van der Waals surface area contributed by atoms with Crippen LogP contribution in [0.15, 0.2) is 30.3 Å². The van der Waals surface area contributed by atoms with Crippen LogP contribution in [0.1, 0.15) is 16.8 Å². The highest BCUT2D eigenvalue weighted by molar-refractivity contribution is 6.84. The first kappa shape index (κ1) is 16.9. The molecule has 0 aliphatic carbocycles. The Morgan fingerprint density at radius 3 is 2.05 bits per heavy atom. The second-order valence-corrected chi connectivity index (χ2v) is 17.6. The van der Waals surface area contributed by atoms with Crippen molar-refractivity contribution in [3.8, 4) is 11.5 Å². The van der Waals surface area contributed by atoms with Crippen LogP contribution >= 0.6 is 0 Å². The third-order valence-corrected chi connectivity index (χ3v) is 6.49. The molecule has 0 aliphatic rings. The number of rotatable bonds is 4. The summed E-state index contributed by atoms with van der Waals surface area (Å²) in [5.74, 6) is 3.68. The predicted octanol–water partition coefficient (Wildman–Crippen LogP) is 4.85. The van der Waals surface area contributed by atoms with Crippen LogP contribution < -0.4 is 0 Å². The Morgan fingerprint density at radius 1 is 1.05 bits per heavy atom. The molecule has 0 bridgehead atoms. The minimum atomic E-state index is -1.45. The van der Waals surface area contributed by atoms with Crippen LogP contribution in [0.3, 0.4) is 0 Å². The summed E-state index contributed by atoms with van der Waals surface area (Å²) in [6.07, 6.45) is 0.567. The Kier molecular flexibility index (Phi) is 5.55. The van der Waals surface area contributed by atoms with E-state index in [2.05, 4.69) is 50.7 Å². The maximum Gasteiger partial charge on any atom is 0.163 e. The summed E-state index contributed by atoms with van der Waals surface area (Å²) in [5, 5.41) is 0. The zero-order valence-corrected chi connectivity index (χ0v) is 15.6. The van der Waals surface area contributed by atoms with Crippen molar-refractivity contribution in [2.75, 3.05) is 0 Å². The van der Waals surface area contributed by atoms with Crippen LogP contribution in [0.4, 0.5) is 0 Å². The van der Waals surface area contributed by atoms with E-state index in [9.17, 15) is 4.79 Å². The molecule has 0 fully saturated rings. The van der Waals surface area contributed by atoms with Crippen molar-refractivity contribution in [3.63, 3.8) is 0 Å². The average molecular weight is 303 g/mol. The Balaban J connectivity index is 2.91. The Labute approximate surface area is 125 Å². The monoisotopic (exact) mass is 302 g/mol. The molecule has 1 unspecified atom stereocenters. The van der Waals surface area contributed by atoms with Gasteiger partial charge < -0.3 is 0 Å². The minimum absolute atomic E-state index is 0.225. The molecule has 1 aromatic carbocycles. The van der Waals surface area contributed by atoms with Crippen LogP contribution in [0.2, 0.25) is 44.8 Å². The molecule has 0 radical (unpaired) electrons. The largest absolute Gasteiger partial charge is 0.294 e. The molecule has 0 saturated carbocycles. The lowest BCUT2D eigenvalue weighted by Gasteiger charge is -2.24. The lowest BCUT2D eigenvalue weighted by molar-refractivity contribution is 0.0983. The fourth-order valence-corrected chi connectivity index (χ4v) is 3.86. The maximum absolute atomic E-state index is 12.4. The number of carbonyl (C=O) groups is 1. The first-order chi connectivity index (χ1) is 9.09. The number of Topliss-reactive ketones (excluding diaryl/α,β-unsaturated/α-hetero) is 1. The van der Waals surface area contributed by atoms with Crippen LogP contribution in [0.25, 0.3) is 0 Å². The Morgan fingerprint density at radius 2 is 1.60 bits per heavy atom. The van der Waals surface area contributed by atoms with Crippen molar-refractivity contribution in [1.82, 2.24) is 0 Å². The van der Waals surface area contributed by atoms with Crippen LogP contribution in [0.5, 0.6) is 0 Å². The molecule has 1 aromatic rings. The molecule has 0 aliphatic heterocycles. The fraction of sp³-hybridized carbons (Fsp3) is 0.471. The summed E-state index contributed by atoms with van der Waals surface area (Å²) in [5.41, 5.74) is 4.52. The van der Waals surface area contributed by atoms with E-state index in [1.54, 1.807) is 0 Å². The lowest BCUT2D eigenvalue weighted by atomic mass is 10.1. The van der Waals surface area contributed by atoms with Gasteiger partial charge in [0, 0.05) is 17.5 Å². The van der Waals surface area contributed by atoms with Gasteiger partial charge in [0.1, 0.15) is 8.07 Å². The van der Waals surface area contributed by atoms with Gasteiger partial charge in [-0.25, -0.2) is 0 Å². The highest BCUT2D eigenvalue weighted by Crippen LogP contribution is 2.26. The highest BCUT2D eigenvalue weighted by Gasteiger charge is 2.28. The highest BCUT2D eigenvalue weighted by atomic mass is 28.3. The van der Waals surface area contributed by atoms with E-state index in [4.69, 9.17) is 0 Å². The normalized spacial score (nSPS) is 13.3. The molecule has 1 atom stereocenters. The number of hydrogen-bond acceptors (Lipinski definition) is 1. The smallest absolute Gasteiger partial charge is 0.163 e. The van der Waals surface area contributed by atoms with E-state index in [1.807, 2.05) is 30.3 Å². The van der Waals surface area contributed by atoms with Crippen molar-refractivity contribution in [2.45, 2.75) is 51.2 Å². The van der Waals surface area contributed by atoms with E-state index in [-0.39, 0.29) is 11.3 Å². The summed E-state index contributed by atoms with van der Waals surface area (Å²) in [6, 6.07) is 9.58. The van der Waals surface area contributed by atoms with Gasteiger partial charge in [-0.05, 0) is 0 Å². The third kappa shape index (κ3) is 5.89. The van der Waals surface area contributed by atoms with Gasteiger partial charge in [0.25, 0.3) is 0 Å². The summed E-state index contributed by atoms with van der Waals surface area (Å²) in [6.45, 7) is 13.7. The molecule has 0 N–H and O–H groups in total. The van der Waals surface area contributed by atoms with E-state index in [1.165, 1.54) is 0 Å². The van der Waals surface area contributed by atoms with E-state index in [0.717, 1.165) is 5.56 Å². The molecule has 0 saturated heterocycles. The summed E-state index contributed by atoms with van der Waals surface area (Å²) >= 11 is 0. The minimum Gasteiger partial charge on any atom is -0.294 e. The standard InChI is InChI=1S/C17H26OSi2/c1-19(2,3)13-12-16(20(4,5)6)14-17(18)15-10-8-7-9-11-15/h7-11,16H,14H2,1-6H3. The number of benzene rings is 1. The SMILES string of the molecule is C[Si](C)(C)C#CC(CC(=O)c1ccccc1)[Si](C)(C)C. The van der Waals surface area contributed by atoms with Gasteiger partial charge in [-0.3, -0.25) is 4.79 Å². The lowest BCUT2D eigenvalue weighted by Crippen LogP contribution is -2.30. The van der Waals surface area contributed by atoms with E-state index in [0.29, 0.717) is 6.42 Å². The van der Waals surface area contributed by atoms with Gasteiger partial charge in [0.2, 0.25) is 0 Å². The van der Waals surface area contributed by atoms with Gasteiger partial charge in [0.15, 0.2) is 5.78 Å². The van der Waals surface area contributed by atoms with Crippen molar-refractivity contribution >= 4 is 21.9 Å². The predicted molar refractivity (Wildman–Crippen MR) is 93.6 cm³/mol. The molecule has 0 heterocycles. The topological polar surface area (TPSA) is 17.1 Å².